The number of aryl methyl sites for hydroxylation is 3. The molecular weight excluding hydrogens is 466 g/mol. The van der Waals surface area contributed by atoms with Crippen LogP contribution in [0.2, 0.25) is 0 Å². The minimum Gasteiger partial charge on any atom is -0.455 e. The molecule has 7 aromatic rings. The molecule has 0 aliphatic carbocycles. The van der Waals surface area contributed by atoms with E-state index in [9.17, 15) is 0 Å². The van der Waals surface area contributed by atoms with Crippen LogP contribution in [-0.4, -0.2) is 0 Å². The van der Waals surface area contributed by atoms with Crippen LogP contribution in [0.3, 0.4) is 0 Å². The van der Waals surface area contributed by atoms with Crippen LogP contribution in [0.1, 0.15) is 37.5 Å². The molecule has 3 heteroatoms. The van der Waals surface area contributed by atoms with Crippen molar-refractivity contribution >= 4 is 54.6 Å². The summed E-state index contributed by atoms with van der Waals surface area (Å²) in [5.41, 5.74) is 10.1. The lowest BCUT2D eigenvalue weighted by Gasteiger charge is -2.19. The maximum absolute atomic E-state index is 6.93. The third-order valence-electron chi connectivity index (χ3n) is 7.89. The van der Waals surface area contributed by atoms with E-state index in [0.717, 1.165) is 66.6 Å². The Bertz CT molecular complexity index is 2060. The van der Waals surface area contributed by atoms with Gasteiger partial charge in [0.15, 0.2) is 6.20 Å². The van der Waals surface area contributed by atoms with Crippen molar-refractivity contribution in [2.45, 2.75) is 41.0 Å². The Hall–Kier alpha value is -4.11. The SMILES string of the molecule is Cc1c[n+](C)c(-c2c(C)ccc3c2oc2c4ccccc4c4oc5ccccc5c4c32)cc1CC(C)(C)C. The summed E-state index contributed by atoms with van der Waals surface area (Å²) in [6.45, 7) is 11.3. The van der Waals surface area contributed by atoms with Crippen molar-refractivity contribution < 1.29 is 13.4 Å². The number of furan rings is 2. The molecular formula is C35H32NO2+. The summed E-state index contributed by atoms with van der Waals surface area (Å²) in [5.74, 6) is 0. The van der Waals surface area contributed by atoms with E-state index >= 15 is 0 Å². The van der Waals surface area contributed by atoms with Crippen LogP contribution in [0.5, 0.6) is 0 Å². The van der Waals surface area contributed by atoms with Gasteiger partial charge in [-0.05, 0) is 42.9 Å². The smallest absolute Gasteiger partial charge is 0.216 e. The van der Waals surface area contributed by atoms with Crippen molar-refractivity contribution in [1.29, 1.82) is 0 Å². The first-order chi connectivity index (χ1) is 18.2. The fourth-order valence-corrected chi connectivity index (χ4v) is 6.21. The molecule has 0 atom stereocenters. The Morgan fingerprint density at radius 1 is 0.684 bits per heavy atom. The molecule has 0 saturated carbocycles. The Labute approximate surface area is 222 Å². The highest BCUT2D eigenvalue weighted by Crippen LogP contribution is 2.47. The van der Waals surface area contributed by atoms with Crippen molar-refractivity contribution in [2.75, 3.05) is 0 Å². The third kappa shape index (κ3) is 3.31. The van der Waals surface area contributed by atoms with E-state index in [2.05, 4.69) is 113 Å². The standard InChI is InChI=1S/C35H32NO2/c1-20-15-16-26-31-30-25-13-9-10-14-28(25)37-32(30)23-11-7-8-12-24(23)33(31)38-34(26)29(20)27-17-22(18-35(3,4)5)21(2)19-36(27)6/h7-17,19H,18H2,1-6H3/q+1. The van der Waals surface area contributed by atoms with Gasteiger partial charge in [0.05, 0.1) is 5.56 Å². The van der Waals surface area contributed by atoms with Crippen LogP contribution >= 0.6 is 0 Å². The van der Waals surface area contributed by atoms with Gasteiger partial charge in [0.25, 0.3) is 0 Å². The van der Waals surface area contributed by atoms with E-state index in [-0.39, 0.29) is 5.41 Å². The summed E-state index contributed by atoms with van der Waals surface area (Å²) in [6.07, 6.45) is 3.28. The van der Waals surface area contributed by atoms with Crippen LogP contribution in [0.25, 0.3) is 65.9 Å². The second-order valence-electron chi connectivity index (χ2n) is 12.0. The van der Waals surface area contributed by atoms with Gasteiger partial charge in [-0.2, -0.15) is 0 Å². The Balaban J connectivity index is 1.65. The van der Waals surface area contributed by atoms with Crippen molar-refractivity contribution in [1.82, 2.24) is 0 Å². The van der Waals surface area contributed by atoms with Gasteiger partial charge >= 0.3 is 0 Å². The molecule has 0 N–H and O–H groups in total. The van der Waals surface area contributed by atoms with E-state index in [1.807, 2.05) is 6.07 Å². The van der Waals surface area contributed by atoms with E-state index in [0.29, 0.717) is 0 Å². The minimum absolute atomic E-state index is 0.204. The summed E-state index contributed by atoms with van der Waals surface area (Å²) in [5, 5.41) is 6.67. The van der Waals surface area contributed by atoms with Gasteiger partial charge < -0.3 is 8.83 Å². The first kappa shape index (κ1) is 23.0. The summed E-state index contributed by atoms with van der Waals surface area (Å²) < 4.78 is 15.7. The fourth-order valence-electron chi connectivity index (χ4n) is 6.21. The zero-order chi connectivity index (χ0) is 26.3. The Kier molecular flexibility index (Phi) is 4.82. The van der Waals surface area contributed by atoms with E-state index in [1.54, 1.807) is 0 Å². The molecule has 4 aromatic carbocycles. The molecule has 0 spiro atoms. The summed E-state index contributed by atoms with van der Waals surface area (Å²) in [4.78, 5) is 0. The van der Waals surface area contributed by atoms with Crippen molar-refractivity contribution in [3.63, 3.8) is 0 Å². The normalized spacial score (nSPS) is 12.6. The predicted molar refractivity (Wildman–Crippen MR) is 158 cm³/mol. The van der Waals surface area contributed by atoms with Gasteiger partial charge in [0.1, 0.15) is 29.4 Å². The highest BCUT2D eigenvalue weighted by Gasteiger charge is 2.26. The molecule has 38 heavy (non-hydrogen) atoms. The molecule has 188 valence electrons. The number of hydrogen-bond donors (Lipinski definition) is 0. The zero-order valence-electron chi connectivity index (χ0n) is 22.9. The van der Waals surface area contributed by atoms with Crippen LogP contribution in [0.15, 0.2) is 81.8 Å². The Morgan fingerprint density at radius 2 is 1.32 bits per heavy atom. The van der Waals surface area contributed by atoms with Gasteiger partial charge in [-0.15, -0.1) is 0 Å². The first-order valence-corrected chi connectivity index (χ1v) is 13.4. The molecule has 0 radical (unpaired) electrons. The zero-order valence-corrected chi connectivity index (χ0v) is 22.9. The van der Waals surface area contributed by atoms with Crippen molar-refractivity contribution in [3.8, 4) is 11.3 Å². The molecule has 0 aliphatic heterocycles. The second-order valence-corrected chi connectivity index (χ2v) is 12.0. The number of pyridine rings is 1. The number of benzene rings is 4. The minimum atomic E-state index is 0.204. The molecule has 0 unspecified atom stereocenters. The van der Waals surface area contributed by atoms with Crippen LogP contribution in [0, 0.1) is 19.3 Å². The Morgan fingerprint density at radius 3 is 2.03 bits per heavy atom. The lowest BCUT2D eigenvalue weighted by atomic mass is 9.86. The maximum atomic E-state index is 6.93. The van der Waals surface area contributed by atoms with Crippen LogP contribution in [0.4, 0.5) is 0 Å². The maximum Gasteiger partial charge on any atom is 0.216 e. The highest BCUT2D eigenvalue weighted by atomic mass is 16.3. The number of nitrogens with zero attached hydrogens (tertiary/aromatic N) is 1. The van der Waals surface area contributed by atoms with E-state index in [1.165, 1.54) is 22.4 Å². The monoisotopic (exact) mass is 498 g/mol. The first-order valence-electron chi connectivity index (χ1n) is 13.4. The lowest BCUT2D eigenvalue weighted by molar-refractivity contribution is -0.660. The largest absolute Gasteiger partial charge is 0.455 e. The quantitative estimate of drug-likeness (QED) is 0.222. The van der Waals surface area contributed by atoms with E-state index < -0.39 is 0 Å². The highest BCUT2D eigenvalue weighted by molar-refractivity contribution is 6.35. The molecule has 7 rings (SSSR count). The van der Waals surface area contributed by atoms with Gasteiger partial charge in [-0.25, -0.2) is 4.57 Å². The molecule has 0 fully saturated rings. The van der Waals surface area contributed by atoms with Gasteiger partial charge in [-0.3, -0.25) is 0 Å². The van der Waals surface area contributed by atoms with E-state index in [4.69, 9.17) is 8.83 Å². The molecule has 0 amide bonds. The average molecular weight is 499 g/mol. The molecule has 3 heterocycles. The van der Waals surface area contributed by atoms with Gasteiger partial charge in [0, 0.05) is 43.9 Å². The van der Waals surface area contributed by atoms with Crippen molar-refractivity contribution in [3.05, 3.63) is 89.6 Å². The van der Waals surface area contributed by atoms with Crippen LogP contribution < -0.4 is 4.57 Å². The second kappa shape index (κ2) is 7.94. The molecule has 0 bridgehead atoms. The number of aromatic nitrogens is 1. The summed E-state index contributed by atoms with van der Waals surface area (Å²) >= 11 is 0. The summed E-state index contributed by atoms with van der Waals surface area (Å²) in [6, 6.07) is 23.6. The van der Waals surface area contributed by atoms with Gasteiger partial charge in [0.2, 0.25) is 5.69 Å². The number of para-hydroxylation sites is 1. The van der Waals surface area contributed by atoms with Crippen molar-refractivity contribution in [2.24, 2.45) is 12.5 Å². The molecule has 0 saturated heterocycles. The fraction of sp³-hybridized carbons (Fsp3) is 0.229. The van der Waals surface area contributed by atoms with Crippen LogP contribution in [-0.2, 0) is 13.5 Å². The third-order valence-corrected chi connectivity index (χ3v) is 7.89. The number of fused-ring (bicyclic) bond motifs is 10. The predicted octanol–water partition coefficient (Wildman–Crippen LogP) is 9.34. The number of hydrogen-bond acceptors (Lipinski definition) is 2. The number of rotatable bonds is 2. The van der Waals surface area contributed by atoms with Gasteiger partial charge in [-0.1, -0.05) is 75.4 Å². The average Bonchev–Trinajstić information content (AvgIpc) is 3.44. The molecule has 3 aromatic heterocycles. The summed E-state index contributed by atoms with van der Waals surface area (Å²) in [7, 11) is 2.14. The lowest BCUT2D eigenvalue weighted by Crippen LogP contribution is -2.32. The topological polar surface area (TPSA) is 30.2 Å². The molecule has 0 aliphatic rings. The molecule has 3 nitrogen and oxygen atoms in total.